The first-order valence-electron chi connectivity index (χ1n) is 4.61. The summed E-state index contributed by atoms with van der Waals surface area (Å²) < 4.78 is 1.64. The normalized spacial score (nSPS) is 31.4. The molecule has 1 fully saturated rings. The highest BCUT2D eigenvalue weighted by molar-refractivity contribution is 5.13. The molecule has 1 aliphatic rings. The number of aryl methyl sites for hydroxylation is 1. The summed E-state index contributed by atoms with van der Waals surface area (Å²) in [5.41, 5.74) is 0.0411. The number of nitrogens with zero attached hydrogens (tertiary/aromatic N) is 3. The predicted molar refractivity (Wildman–Crippen MR) is 47.8 cm³/mol. The van der Waals surface area contributed by atoms with Gasteiger partial charge in [0.1, 0.15) is 5.60 Å². The highest BCUT2D eigenvalue weighted by atomic mass is 16.3. The van der Waals surface area contributed by atoms with Gasteiger partial charge in [0.15, 0.2) is 0 Å². The van der Waals surface area contributed by atoms with Crippen molar-refractivity contribution in [3.63, 3.8) is 0 Å². The first kappa shape index (κ1) is 8.69. The molecule has 0 bridgehead atoms. The molecule has 0 radical (unpaired) electrons. The van der Waals surface area contributed by atoms with Gasteiger partial charge < -0.3 is 5.11 Å². The molecule has 0 saturated heterocycles. The first-order chi connectivity index (χ1) is 6.03. The minimum Gasteiger partial charge on any atom is -0.383 e. The van der Waals surface area contributed by atoms with Crippen LogP contribution in [0.25, 0.3) is 0 Å². The van der Waals surface area contributed by atoms with Crippen molar-refractivity contribution in [2.45, 2.75) is 25.9 Å². The topological polar surface area (TPSA) is 50.9 Å². The van der Waals surface area contributed by atoms with Gasteiger partial charge in [-0.25, -0.2) is 4.68 Å². The third-order valence-electron chi connectivity index (χ3n) is 3.06. The highest BCUT2D eigenvalue weighted by Gasteiger charge is 2.49. The highest BCUT2D eigenvalue weighted by Crippen LogP contribution is 2.50. The van der Waals surface area contributed by atoms with Crippen molar-refractivity contribution < 1.29 is 5.11 Å². The number of hydrogen-bond donors (Lipinski definition) is 1. The van der Waals surface area contributed by atoms with E-state index in [1.807, 2.05) is 14.0 Å². The van der Waals surface area contributed by atoms with E-state index in [9.17, 15) is 5.11 Å². The maximum absolute atomic E-state index is 10.3. The lowest BCUT2D eigenvalue weighted by molar-refractivity contribution is 0.0202. The second kappa shape index (κ2) is 2.54. The van der Waals surface area contributed by atoms with Crippen LogP contribution in [0.3, 0.4) is 0 Å². The molecule has 3 atom stereocenters. The minimum atomic E-state index is -0.766. The predicted octanol–water partition coefficient (Wildman–Crippen LogP) is 0.679. The number of aliphatic hydroxyl groups is 1. The van der Waals surface area contributed by atoms with Crippen molar-refractivity contribution in [2.24, 2.45) is 18.9 Å². The van der Waals surface area contributed by atoms with E-state index in [-0.39, 0.29) is 0 Å². The van der Waals surface area contributed by atoms with Gasteiger partial charge >= 0.3 is 0 Å². The lowest BCUT2D eigenvalue weighted by atomic mass is 9.95. The fourth-order valence-electron chi connectivity index (χ4n) is 2.04. The summed E-state index contributed by atoms with van der Waals surface area (Å²) in [5.74, 6) is 0.981. The molecule has 1 heterocycles. The molecule has 1 aromatic heterocycles. The van der Waals surface area contributed by atoms with Gasteiger partial charge in [-0.1, -0.05) is 12.1 Å². The average molecular weight is 181 g/mol. The van der Waals surface area contributed by atoms with Crippen LogP contribution in [0, 0.1) is 11.8 Å². The zero-order valence-electron chi connectivity index (χ0n) is 8.23. The van der Waals surface area contributed by atoms with Crippen LogP contribution in [0.1, 0.15) is 26.0 Å². The maximum Gasteiger partial charge on any atom is 0.108 e. The molecular weight excluding hydrogens is 166 g/mol. The summed E-state index contributed by atoms with van der Waals surface area (Å²) in [6.45, 7) is 4.00. The Balaban J connectivity index is 2.29. The molecule has 2 rings (SSSR count). The Bertz CT molecular complexity index is 318. The molecule has 1 N–H and O–H groups in total. The Kier molecular flexibility index (Phi) is 1.70. The van der Waals surface area contributed by atoms with Crippen molar-refractivity contribution in [3.8, 4) is 0 Å². The number of aromatic nitrogens is 3. The van der Waals surface area contributed by atoms with Gasteiger partial charge in [-0.2, -0.15) is 0 Å². The van der Waals surface area contributed by atoms with Gasteiger partial charge in [-0.3, -0.25) is 0 Å². The van der Waals surface area contributed by atoms with E-state index in [4.69, 9.17) is 0 Å². The van der Waals surface area contributed by atoms with Gasteiger partial charge in [-0.15, -0.1) is 5.10 Å². The Morgan fingerprint density at radius 3 is 2.69 bits per heavy atom. The van der Waals surface area contributed by atoms with Gasteiger partial charge in [0.25, 0.3) is 0 Å². The lowest BCUT2D eigenvalue weighted by Crippen LogP contribution is -2.27. The monoisotopic (exact) mass is 181 g/mol. The summed E-state index contributed by atoms with van der Waals surface area (Å²) in [4.78, 5) is 0. The van der Waals surface area contributed by atoms with Crippen LogP contribution in [0.2, 0.25) is 0 Å². The van der Waals surface area contributed by atoms with E-state index in [1.165, 1.54) is 0 Å². The molecule has 1 aliphatic carbocycles. The zero-order chi connectivity index (χ0) is 9.64. The Morgan fingerprint density at radius 2 is 2.31 bits per heavy atom. The van der Waals surface area contributed by atoms with Gasteiger partial charge in [0.05, 0.1) is 11.9 Å². The molecule has 1 aromatic rings. The summed E-state index contributed by atoms with van der Waals surface area (Å²) in [5, 5.41) is 17.9. The van der Waals surface area contributed by atoms with E-state index in [0.717, 1.165) is 12.1 Å². The van der Waals surface area contributed by atoms with E-state index in [1.54, 1.807) is 10.9 Å². The second-order valence-electron chi connectivity index (χ2n) is 4.21. The molecule has 72 valence electrons. The van der Waals surface area contributed by atoms with Crippen LogP contribution in [0.4, 0.5) is 0 Å². The first-order valence-corrected chi connectivity index (χ1v) is 4.61. The summed E-state index contributed by atoms with van der Waals surface area (Å²) in [7, 11) is 1.81. The van der Waals surface area contributed by atoms with Crippen LogP contribution in [0.5, 0.6) is 0 Å². The molecule has 4 heteroatoms. The van der Waals surface area contributed by atoms with E-state index >= 15 is 0 Å². The number of hydrogen-bond acceptors (Lipinski definition) is 3. The average Bonchev–Trinajstić information content (AvgIpc) is 2.60. The van der Waals surface area contributed by atoms with E-state index in [2.05, 4.69) is 17.2 Å². The molecule has 0 amide bonds. The van der Waals surface area contributed by atoms with Gasteiger partial charge in [0, 0.05) is 7.05 Å². The van der Waals surface area contributed by atoms with Crippen LogP contribution < -0.4 is 0 Å². The molecule has 0 aliphatic heterocycles. The van der Waals surface area contributed by atoms with Crippen molar-refractivity contribution in [1.82, 2.24) is 15.0 Å². The molecular formula is C9H15N3O. The number of rotatable bonds is 2. The third-order valence-corrected chi connectivity index (χ3v) is 3.06. The standard InChI is InChI=1S/C9H15N3O/c1-6-4-7(6)9(2,13)8-5-10-11-12(8)3/h5-7,13H,4H2,1-3H3. The van der Waals surface area contributed by atoms with Crippen molar-refractivity contribution in [3.05, 3.63) is 11.9 Å². The fourth-order valence-corrected chi connectivity index (χ4v) is 2.04. The fraction of sp³-hybridized carbons (Fsp3) is 0.778. The summed E-state index contributed by atoms with van der Waals surface area (Å²) in [6, 6.07) is 0. The zero-order valence-corrected chi connectivity index (χ0v) is 8.23. The molecule has 1 saturated carbocycles. The lowest BCUT2D eigenvalue weighted by Gasteiger charge is -2.22. The molecule has 0 aromatic carbocycles. The molecule has 0 spiro atoms. The van der Waals surface area contributed by atoms with Gasteiger partial charge in [0.2, 0.25) is 0 Å². The smallest absolute Gasteiger partial charge is 0.108 e. The third kappa shape index (κ3) is 1.25. The Hall–Kier alpha value is -0.900. The van der Waals surface area contributed by atoms with E-state index in [0.29, 0.717) is 11.8 Å². The van der Waals surface area contributed by atoms with Crippen LogP contribution in [-0.2, 0) is 12.6 Å². The van der Waals surface area contributed by atoms with Crippen molar-refractivity contribution in [2.75, 3.05) is 0 Å². The minimum absolute atomic E-state index is 0.365. The Morgan fingerprint density at radius 1 is 1.69 bits per heavy atom. The van der Waals surface area contributed by atoms with Crippen LogP contribution in [-0.4, -0.2) is 20.1 Å². The van der Waals surface area contributed by atoms with Crippen LogP contribution in [0.15, 0.2) is 6.20 Å². The van der Waals surface area contributed by atoms with Crippen molar-refractivity contribution in [1.29, 1.82) is 0 Å². The largest absolute Gasteiger partial charge is 0.383 e. The molecule has 3 unspecified atom stereocenters. The molecule has 4 nitrogen and oxygen atoms in total. The molecule has 13 heavy (non-hydrogen) atoms. The summed E-state index contributed by atoms with van der Waals surface area (Å²) >= 11 is 0. The van der Waals surface area contributed by atoms with Crippen molar-refractivity contribution >= 4 is 0 Å². The second-order valence-corrected chi connectivity index (χ2v) is 4.21. The summed E-state index contributed by atoms with van der Waals surface area (Å²) in [6.07, 6.45) is 2.74. The maximum atomic E-state index is 10.3. The SMILES string of the molecule is CC1CC1C(C)(O)c1cnnn1C. The van der Waals surface area contributed by atoms with Crippen LogP contribution >= 0.6 is 0 Å². The van der Waals surface area contributed by atoms with Gasteiger partial charge in [-0.05, 0) is 25.2 Å². The Labute approximate surface area is 77.6 Å². The van der Waals surface area contributed by atoms with E-state index < -0.39 is 5.60 Å². The quantitative estimate of drug-likeness (QED) is 0.730.